The number of nitrogens with zero attached hydrogens (tertiary/aromatic N) is 1. The molecule has 2 heterocycles. The zero-order chi connectivity index (χ0) is 21.7. The third-order valence-corrected chi connectivity index (χ3v) is 12.7. The third-order valence-electron chi connectivity index (χ3n) is 12.7. The molecule has 4 saturated carbocycles. The number of aliphatic hydroxyl groups is 2. The van der Waals surface area contributed by atoms with Crippen LogP contribution in [0.5, 0.6) is 0 Å². The van der Waals surface area contributed by atoms with Crippen molar-refractivity contribution in [2.24, 2.45) is 58.7 Å². The molecule has 0 bridgehead atoms. The molecule has 0 unspecified atom stereocenters. The predicted molar refractivity (Wildman–Crippen MR) is 124 cm³/mol. The minimum absolute atomic E-state index is 0.181. The van der Waals surface area contributed by atoms with Gasteiger partial charge in [0.15, 0.2) is 0 Å². The zero-order valence-electron chi connectivity index (χ0n) is 20.5. The second-order valence-corrected chi connectivity index (χ2v) is 14.0. The first-order valence-corrected chi connectivity index (χ1v) is 13.9. The van der Waals surface area contributed by atoms with Crippen LogP contribution in [0.2, 0.25) is 0 Å². The van der Waals surface area contributed by atoms with Gasteiger partial charge in [-0.1, -0.05) is 20.8 Å². The van der Waals surface area contributed by atoms with E-state index in [-0.39, 0.29) is 17.6 Å². The highest BCUT2D eigenvalue weighted by Crippen LogP contribution is 2.67. The predicted octanol–water partition coefficient (Wildman–Crippen LogP) is 4.71. The van der Waals surface area contributed by atoms with E-state index in [1.807, 2.05) is 0 Å². The lowest BCUT2D eigenvalue weighted by Gasteiger charge is -2.60. The molecule has 3 heteroatoms. The van der Waals surface area contributed by atoms with E-state index in [1.165, 1.54) is 49.7 Å². The van der Waals surface area contributed by atoms with Crippen LogP contribution in [0.1, 0.15) is 78.6 Å². The largest absolute Gasteiger partial charge is 0.393 e. The molecule has 0 radical (unpaired) electrons. The van der Waals surface area contributed by atoms with E-state index in [4.69, 9.17) is 0 Å². The van der Waals surface area contributed by atoms with Crippen molar-refractivity contribution in [1.29, 1.82) is 0 Å². The summed E-state index contributed by atoms with van der Waals surface area (Å²) < 4.78 is 1.36. The standard InChI is InChI=1S/C28H48NO2/c1-16-5-8-26-17(2)19-6-7-20-21(23(19)15-29(26,4)14-16)12-24-22(20)13-27(31)25-11-18(30)9-10-28(24,25)3/h16-27,30-31H,5-15H2,1-4H3/q+1/t16-,17-,18-,19-,20-,21-,22+,23+,24+,25-,26+,27+,28-,29-/m1/s1. The summed E-state index contributed by atoms with van der Waals surface area (Å²) in [5.41, 5.74) is 0.259. The van der Waals surface area contributed by atoms with E-state index >= 15 is 0 Å². The number of fused-ring (bicyclic) bond motifs is 8. The van der Waals surface area contributed by atoms with Crippen molar-refractivity contribution in [2.45, 2.75) is 96.8 Å². The smallest absolute Gasteiger partial charge is 0.0917 e. The normalized spacial score (nSPS) is 63.3. The first-order chi connectivity index (χ1) is 14.7. The van der Waals surface area contributed by atoms with Gasteiger partial charge in [-0.25, -0.2) is 0 Å². The summed E-state index contributed by atoms with van der Waals surface area (Å²) in [4.78, 5) is 0. The first-order valence-electron chi connectivity index (χ1n) is 13.9. The maximum atomic E-state index is 11.2. The molecule has 176 valence electrons. The van der Waals surface area contributed by atoms with Crippen LogP contribution in [0.3, 0.4) is 0 Å². The average Bonchev–Trinajstić information content (AvgIpc) is 3.09. The fourth-order valence-electron chi connectivity index (χ4n) is 11.5. The summed E-state index contributed by atoms with van der Waals surface area (Å²) in [6, 6.07) is 0.904. The Morgan fingerprint density at radius 1 is 0.742 bits per heavy atom. The van der Waals surface area contributed by atoms with Crippen molar-refractivity contribution in [1.82, 2.24) is 0 Å². The monoisotopic (exact) mass is 430 g/mol. The molecule has 4 aliphatic carbocycles. The summed E-state index contributed by atoms with van der Waals surface area (Å²) in [6.45, 7) is 10.5. The quantitative estimate of drug-likeness (QED) is 0.547. The molecular weight excluding hydrogens is 382 g/mol. The van der Waals surface area contributed by atoms with E-state index < -0.39 is 0 Å². The molecule has 0 aromatic rings. The number of piperidine rings is 2. The van der Waals surface area contributed by atoms with Crippen molar-refractivity contribution in [3.05, 3.63) is 0 Å². The van der Waals surface area contributed by atoms with Gasteiger partial charge in [-0.05, 0) is 92.3 Å². The van der Waals surface area contributed by atoms with E-state index in [0.29, 0.717) is 5.92 Å². The molecule has 2 N–H and O–H groups in total. The fraction of sp³-hybridized carbons (Fsp3) is 1.00. The summed E-state index contributed by atoms with van der Waals surface area (Å²) in [7, 11) is 2.61. The molecule has 0 aromatic heterocycles. The molecule has 3 nitrogen and oxygen atoms in total. The Hall–Kier alpha value is -0.120. The van der Waals surface area contributed by atoms with Crippen LogP contribution in [0.4, 0.5) is 0 Å². The zero-order valence-corrected chi connectivity index (χ0v) is 20.5. The molecule has 14 atom stereocenters. The molecule has 0 amide bonds. The second-order valence-electron chi connectivity index (χ2n) is 14.0. The van der Waals surface area contributed by atoms with Gasteiger partial charge in [0.2, 0.25) is 0 Å². The van der Waals surface area contributed by atoms with Crippen molar-refractivity contribution in [2.75, 3.05) is 20.1 Å². The maximum Gasteiger partial charge on any atom is 0.0917 e. The Morgan fingerprint density at radius 2 is 1.52 bits per heavy atom. The molecule has 2 aliphatic heterocycles. The van der Waals surface area contributed by atoms with Crippen LogP contribution in [0, 0.1) is 58.7 Å². The van der Waals surface area contributed by atoms with Crippen LogP contribution in [-0.4, -0.2) is 53.1 Å². The summed E-state index contributed by atoms with van der Waals surface area (Å²) >= 11 is 0. The molecule has 0 aromatic carbocycles. The van der Waals surface area contributed by atoms with Gasteiger partial charge in [-0.2, -0.15) is 0 Å². The van der Waals surface area contributed by atoms with E-state index in [0.717, 1.165) is 79.1 Å². The van der Waals surface area contributed by atoms with Gasteiger partial charge in [-0.3, -0.25) is 0 Å². The number of hydrogen-bond acceptors (Lipinski definition) is 2. The molecule has 0 spiro atoms. The Morgan fingerprint density at radius 3 is 2.32 bits per heavy atom. The van der Waals surface area contributed by atoms with Crippen LogP contribution >= 0.6 is 0 Å². The van der Waals surface area contributed by atoms with Gasteiger partial charge in [0.05, 0.1) is 38.4 Å². The summed E-state index contributed by atoms with van der Waals surface area (Å²) in [6.07, 6.45) is 10.8. The van der Waals surface area contributed by atoms with E-state index in [9.17, 15) is 10.2 Å². The molecule has 6 rings (SSSR count). The Balaban J connectivity index is 1.30. The Labute approximate surface area is 190 Å². The minimum atomic E-state index is -0.181. The lowest BCUT2D eigenvalue weighted by Crippen LogP contribution is -2.67. The lowest BCUT2D eigenvalue weighted by atomic mass is 9.51. The fourth-order valence-corrected chi connectivity index (χ4v) is 11.5. The van der Waals surface area contributed by atoms with Crippen molar-refractivity contribution >= 4 is 0 Å². The van der Waals surface area contributed by atoms with Crippen LogP contribution in [0.15, 0.2) is 0 Å². The topological polar surface area (TPSA) is 40.5 Å². The van der Waals surface area contributed by atoms with Gasteiger partial charge >= 0.3 is 0 Å². The van der Waals surface area contributed by atoms with Crippen molar-refractivity contribution in [3.8, 4) is 0 Å². The van der Waals surface area contributed by atoms with Gasteiger partial charge in [0.25, 0.3) is 0 Å². The number of rotatable bonds is 0. The lowest BCUT2D eigenvalue weighted by molar-refractivity contribution is -0.955. The van der Waals surface area contributed by atoms with Gasteiger partial charge < -0.3 is 14.7 Å². The summed E-state index contributed by atoms with van der Waals surface area (Å²) in [5.74, 6) is 7.28. The minimum Gasteiger partial charge on any atom is -0.393 e. The van der Waals surface area contributed by atoms with Crippen LogP contribution < -0.4 is 0 Å². The van der Waals surface area contributed by atoms with Gasteiger partial charge in [-0.15, -0.1) is 0 Å². The first kappa shape index (κ1) is 21.4. The van der Waals surface area contributed by atoms with Gasteiger partial charge in [0, 0.05) is 24.2 Å². The highest BCUT2D eigenvalue weighted by atomic mass is 16.3. The molecule has 2 saturated heterocycles. The van der Waals surface area contributed by atoms with Crippen molar-refractivity contribution < 1.29 is 14.7 Å². The van der Waals surface area contributed by atoms with Crippen LogP contribution in [0.25, 0.3) is 0 Å². The highest BCUT2D eigenvalue weighted by Gasteiger charge is 2.64. The van der Waals surface area contributed by atoms with Crippen LogP contribution in [-0.2, 0) is 0 Å². The number of aliphatic hydroxyl groups excluding tert-OH is 2. The van der Waals surface area contributed by atoms with Crippen molar-refractivity contribution in [3.63, 3.8) is 0 Å². The second kappa shape index (κ2) is 7.19. The molecular formula is C28H48NO2+. The SMILES string of the molecule is C[C@@H]1CC[C@H]2[C@H](C)[C@H]3CC[C@@H]4[C@@H](C[C@H]5[C@H]4C[C@H](O)[C@H]4C[C@H](O)CC[C@@]45C)[C@H]3C[N@@+]2(C)C1. The third kappa shape index (κ3) is 3.01. The Kier molecular flexibility index (Phi) is 4.97. The summed E-state index contributed by atoms with van der Waals surface area (Å²) in [5, 5.41) is 21.6. The maximum absolute atomic E-state index is 11.2. The molecule has 31 heavy (non-hydrogen) atoms. The van der Waals surface area contributed by atoms with Gasteiger partial charge in [0.1, 0.15) is 0 Å². The molecule has 6 aliphatic rings. The molecule has 6 fully saturated rings. The average molecular weight is 431 g/mol. The Bertz CT molecular complexity index is 711. The number of quaternary nitrogens is 1. The highest BCUT2D eigenvalue weighted by molar-refractivity contribution is 5.11. The number of hydrogen-bond donors (Lipinski definition) is 2. The van der Waals surface area contributed by atoms with E-state index in [1.54, 1.807) is 0 Å². The van der Waals surface area contributed by atoms with E-state index in [2.05, 4.69) is 27.8 Å².